The Morgan fingerprint density at radius 1 is 1.39 bits per heavy atom. The van der Waals surface area contributed by atoms with E-state index >= 15 is 0 Å². The Hall–Kier alpha value is -1.55. The van der Waals surface area contributed by atoms with Gasteiger partial charge in [0.05, 0.1) is 13.5 Å². The second-order valence-corrected chi connectivity index (χ2v) is 4.28. The number of hydrogen-bond donors (Lipinski definition) is 1. The highest BCUT2D eigenvalue weighted by Gasteiger charge is 2.08. The van der Waals surface area contributed by atoms with E-state index in [2.05, 4.69) is 5.32 Å². The number of carbonyl (C=O) groups is 1. The molecular formula is C14H21NO3. The lowest BCUT2D eigenvalue weighted by molar-refractivity contribution is -0.121. The maximum absolute atomic E-state index is 11.8. The van der Waals surface area contributed by atoms with Gasteiger partial charge in [-0.2, -0.15) is 0 Å². The molecular weight excluding hydrogens is 230 g/mol. The second-order valence-electron chi connectivity index (χ2n) is 4.28. The Balaban J connectivity index is 2.43. The van der Waals surface area contributed by atoms with E-state index in [4.69, 9.17) is 9.47 Å². The first-order valence-corrected chi connectivity index (χ1v) is 6.07. The molecule has 0 saturated carbocycles. The molecule has 0 saturated heterocycles. The summed E-state index contributed by atoms with van der Waals surface area (Å²) in [5.74, 6) is 0.791. The maximum atomic E-state index is 11.8. The van der Waals surface area contributed by atoms with Crippen molar-refractivity contribution in [3.05, 3.63) is 29.8 Å². The van der Waals surface area contributed by atoms with Crippen LogP contribution in [0.25, 0.3) is 0 Å². The number of amides is 1. The summed E-state index contributed by atoms with van der Waals surface area (Å²) >= 11 is 0. The van der Waals surface area contributed by atoms with E-state index in [1.54, 1.807) is 14.2 Å². The molecule has 0 fully saturated rings. The van der Waals surface area contributed by atoms with E-state index in [1.165, 1.54) is 0 Å². The molecule has 0 aliphatic carbocycles. The van der Waals surface area contributed by atoms with Gasteiger partial charge < -0.3 is 14.8 Å². The molecule has 1 aromatic carbocycles. The Bertz CT molecular complexity index is 379. The molecule has 1 rings (SSSR count). The largest absolute Gasteiger partial charge is 0.497 e. The molecule has 0 aromatic heterocycles. The summed E-state index contributed by atoms with van der Waals surface area (Å²) in [4.78, 5) is 11.8. The fourth-order valence-corrected chi connectivity index (χ4v) is 1.66. The number of ether oxygens (including phenoxy) is 2. The van der Waals surface area contributed by atoms with E-state index < -0.39 is 0 Å². The van der Waals surface area contributed by atoms with E-state index in [9.17, 15) is 4.79 Å². The van der Waals surface area contributed by atoms with Crippen LogP contribution >= 0.6 is 0 Å². The third-order valence-electron chi connectivity index (χ3n) is 2.66. The van der Waals surface area contributed by atoms with Gasteiger partial charge >= 0.3 is 0 Å². The predicted molar refractivity (Wildman–Crippen MR) is 70.8 cm³/mol. The van der Waals surface area contributed by atoms with E-state index in [0.717, 1.165) is 17.7 Å². The number of carbonyl (C=O) groups excluding carboxylic acids is 1. The molecule has 0 heterocycles. The van der Waals surface area contributed by atoms with Crippen LogP contribution < -0.4 is 10.1 Å². The molecule has 1 aromatic rings. The Morgan fingerprint density at radius 2 is 2.17 bits per heavy atom. The number of hydrogen-bond acceptors (Lipinski definition) is 3. The van der Waals surface area contributed by atoms with Crippen LogP contribution in [0.4, 0.5) is 0 Å². The molecule has 0 aliphatic heterocycles. The lowest BCUT2D eigenvalue weighted by Crippen LogP contribution is -2.34. The third kappa shape index (κ3) is 5.19. The average molecular weight is 251 g/mol. The molecule has 0 bridgehead atoms. The molecule has 4 nitrogen and oxygen atoms in total. The third-order valence-corrected chi connectivity index (χ3v) is 2.66. The van der Waals surface area contributed by atoms with Gasteiger partial charge in [0.2, 0.25) is 5.91 Å². The van der Waals surface area contributed by atoms with Gasteiger partial charge in [0.25, 0.3) is 0 Å². The van der Waals surface area contributed by atoms with Crippen molar-refractivity contribution in [3.8, 4) is 5.75 Å². The van der Waals surface area contributed by atoms with Crippen molar-refractivity contribution in [3.63, 3.8) is 0 Å². The number of nitrogens with one attached hydrogen (secondary N) is 1. The van der Waals surface area contributed by atoms with Crippen LogP contribution in [0.15, 0.2) is 24.3 Å². The van der Waals surface area contributed by atoms with Crippen LogP contribution in [0.5, 0.6) is 5.75 Å². The predicted octanol–water partition coefficient (Wildman–Crippen LogP) is 1.78. The molecule has 1 N–H and O–H groups in total. The Kier molecular flexibility index (Phi) is 6.22. The van der Waals surface area contributed by atoms with Crippen LogP contribution in [0, 0.1) is 0 Å². The molecule has 100 valence electrons. The Morgan fingerprint density at radius 3 is 2.83 bits per heavy atom. The molecule has 0 radical (unpaired) electrons. The molecule has 0 aliphatic rings. The van der Waals surface area contributed by atoms with Crippen LogP contribution in [-0.2, 0) is 16.0 Å². The van der Waals surface area contributed by atoms with Crippen molar-refractivity contribution in [1.82, 2.24) is 5.32 Å². The lowest BCUT2D eigenvalue weighted by atomic mass is 10.1. The van der Waals surface area contributed by atoms with Crippen LogP contribution in [0.2, 0.25) is 0 Å². The van der Waals surface area contributed by atoms with Crippen molar-refractivity contribution in [2.75, 3.05) is 20.8 Å². The van der Waals surface area contributed by atoms with Gasteiger partial charge in [-0.05, 0) is 31.0 Å². The monoisotopic (exact) mass is 251 g/mol. The highest BCUT2D eigenvalue weighted by molar-refractivity contribution is 5.78. The van der Waals surface area contributed by atoms with Crippen molar-refractivity contribution in [2.45, 2.75) is 25.8 Å². The summed E-state index contributed by atoms with van der Waals surface area (Å²) in [6.45, 7) is 2.63. The van der Waals surface area contributed by atoms with Gasteiger partial charge in [0, 0.05) is 19.8 Å². The second kappa shape index (κ2) is 7.71. The van der Waals surface area contributed by atoms with Crippen LogP contribution in [0.3, 0.4) is 0 Å². The highest BCUT2D eigenvalue weighted by atomic mass is 16.5. The van der Waals surface area contributed by atoms with Crippen molar-refractivity contribution in [1.29, 1.82) is 0 Å². The Labute approximate surface area is 108 Å². The summed E-state index contributed by atoms with van der Waals surface area (Å²) in [7, 11) is 3.27. The van der Waals surface area contributed by atoms with Gasteiger partial charge in [-0.25, -0.2) is 0 Å². The zero-order valence-electron chi connectivity index (χ0n) is 11.2. The minimum absolute atomic E-state index is 0.0202. The van der Waals surface area contributed by atoms with Gasteiger partial charge in [-0.1, -0.05) is 12.1 Å². The van der Waals surface area contributed by atoms with Crippen molar-refractivity contribution < 1.29 is 14.3 Å². The normalized spacial score (nSPS) is 11.9. The first kappa shape index (κ1) is 14.5. The summed E-state index contributed by atoms with van der Waals surface area (Å²) in [5, 5.41) is 2.94. The first-order valence-electron chi connectivity index (χ1n) is 6.07. The topological polar surface area (TPSA) is 47.6 Å². The number of benzene rings is 1. The summed E-state index contributed by atoms with van der Waals surface area (Å²) in [6.07, 6.45) is 1.19. The van der Waals surface area contributed by atoms with Gasteiger partial charge in [0.15, 0.2) is 0 Å². The van der Waals surface area contributed by atoms with Crippen LogP contribution in [-0.4, -0.2) is 32.8 Å². The number of methoxy groups -OCH3 is 2. The lowest BCUT2D eigenvalue weighted by Gasteiger charge is -2.13. The van der Waals surface area contributed by atoms with E-state index in [-0.39, 0.29) is 11.9 Å². The quantitative estimate of drug-likeness (QED) is 0.803. The van der Waals surface area contributed by atoms with Crippen molar-refractivity contribution in [2.24, 2.45) is 0 Å². The molecule has 1 atom stereocenters. The SMILES string of the molecule is COCC[C@@H](C)NC(=O)Cc1cccc(OC)c1. The standard InChI is InChI=1S/C14H21NO3/c1-11(7-8-17-2)15-14(16)10-12-5-4-6-13(9-12)18-3/h4-6,9,11H,7-8,10H2,1-3H3,(H,15,16)/t11-/m1/s1. The molecule has 4 heteroatoms. The maximum Gasteiger partial charge on any atom is 0.224 e. The van der Waals surface area contributed by atoms with Crippen molar-refractivity contribution >= 4 is 5.91 Å². The molecule has 0 spiro atoms. The fraction of sp³-hybridized carbons (Fsp3) is 0.500. The van der Waals surface area contributed by atoms with Gasteiger partial charge in [0.1, 0.15) is 5.75 Å². The van der Waals surface area contributed by atoms with Gasteiger partial charge in [-0.3, -0.25) is 4.79 Å². The summed E-state index contributed by atoms with van der Waals surface area (Å²) in [5.41, 5.74) is 0.950. The zero-order chi connectivity index (χ0) is 13.4. The fourth-order valence-electron chi connectivity index (χ4n) is 1.66. The minimum Gasteiger partial charge on any atom is -0.497 e. The molecule has 1 amide bonds. The molecule has 0 unspecified atom stereocenters. The van der Waals surface area contributed by atoms with E-state index in [1.807, 2.05) is 31.2 Å². The summed E-state index contributed by atoms with van der Waals surface area (Å²) in [6, 6.07) is 7.67. The molecule has 18 heavy (non-hydrogen) atoms. The number of rotatable bonds is 7. The van der Waals surface area contributed by atoms with E-state index in [0.29, 0.717) is 13.0 Å². The zero-order valence-corrected chi connectivity index (χ0v) is 11.2. The average Bonchev–Trinajstić information content (AvgIpc) is 2.36. The smallest absolute Gasteiger partial charge is 0.224 e. The minimum atomic E-state index is 0.0202. The van der Waals surface area contributed by atoms with Crippen LogP contribution in [0.1, 0.15) is 18.9 Å². The van der Waals surface area contributed by atoms with Gasteiger partial charge in [-0.15, -0.1) is 0 Å². The summed E-state index contributed by atoms with van der Waals surface area (Å²) < 4.78 is 10.1. The first-order chi connectivity index (χ1) is 8.65. The highest BCUT2D eigenvalue weighted by Crippen LogP contribution is 2.12.